The molecule has 192 valence electrons. The van der Waals surface area contributed by atoms with Crippen LogP contribution in [-0.4, -0.2) is 51.9 Å². The summed E-state index contributed by atoms with van der Waals surface area (Å²) in [7, 11) is 0.823. The molecule has 1 aromatic heterocycles. The Bertz CT molecular complexity index is 1390. The van der Waals surface area contributed by atoms with Crippen molar-refractivity contribution >= 4 is 56.4 Å². The van der Waals surface area contributed by atoms with Crippen LogP contribution in [0.25, 0.3) is 0 Å². The summed E-state index contributed by atoms with van der Waals surface area (Å²) in [6.07, 6.45) is 2.38. The zero-order valence-corrected chi connectivity index (χ0v) is 21.5. The Morgan fingerprint density at radius 1 is 1.00 bits per heavy atom. The average molecular weight is 537 g/mol. The van der Waals surface area contributed by atoms with Gasteiger partial charge in [-0.25, -0.2) is 13.4 Å². The largest absolute Gasteiger partial charge is 0.497 e. The van der Waals surface area contributed by atoms with E-state index in [1.54, 1.807) is 24.3 Å². The lowest BCUT2D eigenvalue weighted by molar-refractivity contribution is -0.117. The molecule has 0 spiro atoms. The highest BCUT2D eigenvalue weighted by Gasteiger charge is 2.16. The Kier molecular flexibility index (Phi) is 8.27. The molecule has 0 unspecified atom stereocenters. The van der Waals surface area contributed by atoms with E-state index in [1.165, 1.54) is 33.6 Å². The first-order valence-electron chi connectivity index (χ1n) is 10.3. The van der Waals surface area contributed by atoms with Crippen molar-refractivity contribution in [3.8, 4) is 17.2 Å². The number of nitrogens with zero attached hydrogens (tertiary/aromatic N) is 2. The Labute approximate surface area is 213 Å². The Morgan fingerprint density at radius 3 is 2.33 bits per heavy atom. The van der Waals surface area contributed by atoms with Crippen LogP contribution in [0.2, 0.25) is 5.02 Å². The second-order valence-corrected chi connectivity index (χ2v) is 9.59. The van der Waals surface area contributed by atoms with E-state index in [0.717, 1.165) is 6.26 Å². The molecule has 1 amide bonds. The van der Waals surface area contributed by atoms with E-state index in [2.05, 4.69) is 25.3 Å². The van der Waals surface area contributed by atoms with Gasteiger partial charge in [-0.15, -0.1) is 0 Å². The minimum atomic E-state index is -3.58. The van der Waals surface area contributed by atoms with Crippen LogP contribution >= 0.6 is 11.6 Å². The number of anilines is 5. The molecule has 0 aliphatic heterocycles. The molecule has 14 heteroatoms. The van der Waals surface area contributed by atoms with Crippen molar-refractivity contribution in [1.82, 2.24) is 9.97 Å². The molecule has 0 atom stereocenters. The van der Waals surface area contributed by atoms with E-state index in [9.17, 15) is 13.2 Å². The van der Waals surface area contributed by atoms with Crippen molar-refractivity contribution in [3.05, 3.63) is 47.1 Å². The molecular weight excluding hydrogens is 512 g/mol. The number of aromatic nitrogens is 2. The van der Waals surface area contributed by atoms with E-state index in [1.807, 2.05) is 0 Å². The molecule has 2 aromatic carbocycles. The van der Waals surface area contributed by atoms with Crippen LogP contribution in [-0.2, 0) is 21.2 Å². The van der Waals surface area contributed by atoms with Gasteiger partial charge in [0.05, 0.1) is 57.3 Å². The minimum Gasteiger partial charge on any atom is -0.497 e. The second-order valence-electron chi connectivity index (χ2n) is 7.43. The van der Waals surface area contributed by atoms with Gasteiger partial charge >= 0.3 is 0 Å². The lowest BCUT2D eigenvalue weighted by atomic mass is 10.1. The number of rotatable bonds is 11. The quantitative estimate of drug-likeness (QED) is 0.286. The van der Waals surface area contributed by atoms with Crippen LogP contribution in [0.3, 0.4) is 0 Å². The van der Waals surface area contributed by atoms with Gasteiger partial charge in [0.1, 0.15) is 22.3 Å². The third-order valence-electron chi connectivity index (χ3n) is 4.73. The van der Waals surface area contributed by atoms with Crippen LogP contribution < -0.4 is 35.3 Å². The Balaban J connectivity index is 1.96. The van der Waals surface area contributed by atoms with E-state index in [0.29, 0.717) is 34.2 Å². The van der Waals surface area contributed by atoms with Crippen molar-refractivity contribution in [1.29, 1.82) is 0 Å². The molecule has 0 aliphatic carbocycles. The normalized spacial score (nSPS) is 10.9. The van der Waals surface area contributed by atoms with Gasteiger partial charge < -0.3 is 30.6 Å². The minimum absolute atomic E-state index is 0.0307. The summed E-state index contributed by atoms with van der Waals surface area (Å²) in [5.41, 5.74) is 6.94. The highest BCUT2D eigenvalue weighted by molar-refractivity contribution is 7.92. The van der Waals surface area contributed by atoms with Crippen LogP contribution in [0.1, 0.15) is 5.56 Å². The maximum atomic E-state index is 11.8. The number of methoxy groups -OCH3 is 3. The zero-order valence-electron chi connectivity index (χ0n) is 19.9. The number of hydrogen-bond acceptors (Lipinski definition) is 10. The molecule has 0 bridgehead atoms. The topological polar surface area (TPSA) is 167 Å². The lowest BCUT2D eigenvalue weighted by Gasteiger charge is -2.17. The SMILES string of the molecule is COc1ccc(Nc2nc(Nc3cc(OC)c(CC(N)=O)cc3OC)ncc2Cl)c(NS(C)(=O)=O)c1. The highest BCUT2D eigenvalue weighted by atomic mass is 35.5. The fraction of sp³-hybridized carbons (Fsp3) is 0.227. The maximum absolute atomic E-state index is 11.8. The average Bonchev–Trinajstić information content (AvgIpc) is 2.81. The number of hydrogen-bond donors (Lipinski definition) is 4. The monoisotopic (exact) mass is 536 g/mol. The number of sulfonamides is 1. The molecule has 0 saturated carbocycles. The number of carbonyl (C=O) groups is 1. The summed E-state index contributed by atoms with van der Waals surface area (Å²) in [5.74, 6) is 1.09. The van der Waals surface area contributed by atoms with Gasteiger partial charge in [0.2, 0.25) is 21.9 Å². The number of primary amides is 1. The number of nitrogens with two attached hydrogens (primary N) is 1. The standard InChI is InChI=1S/C22H25ClN6O6S/c1-33-13-5-6-15(16(9-13)29-36(4,31)32)26-21-14(23)11-25-22(28-21)27-17-10-18(34-2)12(8-20(24)30)7-19(17)35-3/h5-7,9-11,29H,8H2,1-4H3,(H2,24,30)(H2,25,26,27,28). The van der Waals surface area contributed by atoms with E-state index in [4.69, 9.17) is 31.5 Å². The van der Waals surface area contributed by atoms with Crippen molar-refractivity contribution in [2.75, 3.05) is 42.9 Å². The smallest absolute Gasteiger partial charge is 0.229 e. The zero-order chi connectivity index (χ0) is 26.5. The number of halogens is 1. The molecule has 12 nitrogen and oxygen atoms in total. The van der Waals surface area contributed by atoms with Gasteiger partial charge in [-0.2, -0.15) is 4.98 Å². The van der Waals surface area contributed by atoms with Gasteiger partial charge in [0.25, 0.3) is 0 Å². The Morgan fingerprint density at radius 2 is 1.72 bits per heavy atom. The van der Waals surface area contributed by atoms with Crippen molar-refractivity contribution < 1.29 is 27.4 Å². The Hall–Kier alpha value is -3.97. The van der Waals surface area contributed by atoms with E-state index in [-0.39, 0.29) is 28.9 Å². The second kappa shape index (κ2) is 11.2. The summed E-state index contributed by atoms with van der Waals surface area (Å²) >= 11 is 6.30. The van der Waals surface area contributed by atoms with Gasteiger partial charge in [0, 0.05) is 17.7 Å². The first kappa shape index (κ1) is 26.6. The molecule has 36 heavy (non-hydrogen) atoms. The number of nitrogens with one attached hydrogen (secondary N) is 3. The van der Waals surface area contributed by atoms with Gasteiger partial charge in [-0.3, -0.25) is 9.52 Å². The van der Waals surface area contributed by atoms with E-state index >= 15 is 0 Å². The predicted molar refractivity (Wildman–Crippen MR) is 138 cm³/mol. The van der Waals surface area contributed by atoms with Gasteiger partial charge in [-0.1, -0.05) is 11.6 Å². The maximum Gasteiger partial charge on any atom is 0.229 e. The number of carbonyl (C=O) groups excluding carboxylic acids is 1. The summed E-state index contributed by atoms with van der Waals surface area (Å²) in [6.45, 7) is 0. The van der Waals surface area contributed by atoms with Crippen LogP contribution in [0.5, 0.6) is 17.2 Å². The molecule has 5 N–H and O–H groups in total. The van der Waals surface area contributed by atoms with Gasteiger partial charge in [-0.05, 0) is 18.2 Å². The summed E-state index contributed by atoms with van der Waals surface area (Å²) < 4.78 is 42.1. The molecular formula is C22H25ClN6O6S. The summed E-state index contributed by atoms with van der Waals surface area (Å²) in [5, 5.41) is 6.22. The van der Waals surface area contributed by atoms with Crippen molar-refractivity contribution in [2.45, 2.75) is 6.42 Å². The summed E-state index contributed by atoms with van der Waals surface area (Å²) in [6, 6.07) is 8.03. The van der Waals surface area contributed by atoms with Crippen LogP contribution in [0.4, 0.5) is 28.8 Å². The van der Waals surface area contributed by atoms with Crippen LogP contribution in [0, 0.1) is 0 Å². The molecule has 1 heterocycles. The van der Waals surface area contributed by atoms with Crippen molar-refractivity contribution in [3.63, 3.8) is 0 Å². The molecule has 0 fully saturated rings. The summed E-state index contributed by atoms with van der Waals surface area (Å²) in [4.78, 5) is 20.0. The van der Waals surface area contributed by atoms with Crippen molar-refractivity contribution in [2.24, 2.45) is 5.73 Å². The fourth-order valence-corrected chi connectivity index (χ4v) is 3.90. The predicted octanol–water partition coefficient (Wildman–Crippen LogP) is 3.04. The first-order chi connectivity index (χ1) is 17.0. The van der Waals surface area contributed by atoms with E-state index < -0.39 is 15.9 Å². The third-order valence-corrected chi connectivity index (χ3v) is 5.60. The lowest BCUT2D eigenvalue weighted by Crippen LogP contribution is -2.14. The number of ether oxygens (including phenoxy) is 3. The fourth-order valence-electron chi connectivity index (χ4n) is 3.19. The molecule has 3 rings (SSSR count). The number of benzene rings is 2. The van der Waals surface area contributed by atoms with Gasteiger partial charge in [0.15, 0.2) is 5.82 Å². The number of amides is 1. The molecule has 0 radical (unpaired) electrons. The first-order valence-corrected chi connectivity index (χ1v) is 12.6. The highest BCUT2D eigenvalue weighted by Crippen LogP contribution is 2.36. The molecule has 0 saturated heterocycles. The molecule has 3 aromatic rings. The van der Waals surface area contributed by atoms with Crippen LogP contribution in [0.15, 0.2) is 36.5 Å². The third kappa shape index (κ3) is 6.79. The molecule has 0 aliphatic rings.